The topological polar surface area (TPSA) is 48.9 Å². The maximum atomic E-state index is 5.35. The number of ether oxygens (including phenoxy) is 1. The number of guanidine groups is 1. The van der Waals surface area contributed by atoms with Crippen LogP contribution < -0.4 is 15.5 Å². The van der Waals surface area contributed by atoms with Crippen LogP contribution >= 0.6 is 0 Å². The SMILES string of the molecule is CCNC(=NCc1ccc2c(c1)CCCN2C)NCCOCC. The third-order valence-corrected chi connectivity index (χ3v) is 4.00. The molecule has 0 amide bonds. The molecule has 0 unspecified atom stereocenters. The molecule has 2 rings (SSSR count). The number of hydrogen-bond acceptors (Lipinski definition) is 3. The van der Waals surface area contributed by atoms with Crippen molar-refractivity contribution in [2.45, 2.75) is 33.2 Å². The number of rotatable bonds is 7. The zero-order valence-corrected chi connectivity index (χ0v) is 14.7. The Labute approximate surface area is 140 Å². The lowest BCUT2D eigenvalue weighted by molar-refractivity contribution is 0.152. The molecule has 0 aliphatic carbocycles. The van der Waals surface area contributed by atoms with Crippen molar-refractivity contribution in [3.05, 3.63) is 29.3 Å². The van der Waals surface area contributed by atoms with Gasteiger partial charge in [0.05, 0.1) is 13.2 Å². The molecule has 0 bridgehead atoms. The van der Waals surface area contributed by atoms with Crippen LogP contribution in [-0.2, 0) is 17.7 Å². The Morgan fingerprint density at radius 3 is 2.96 bits per heavy atom. The highest BCUT2D eigenvalue weighted by molar-refractivity contribution is 5.79. The highest BCUT2D eigenvalue weighted by atomic mass is 16.5. The van der Waals surface area contributed by atoms with Crippen molar-refractivity contribution in [3.63, 3.8) is 0 Å². The van der Waals surface area contributed by atoms with E-state index >= 15 is 0 Å². The van der Waals surface area contributed by atoms with E-state index in [4.69, 9.17) is 4.74 Å². The Bertz CT molecular complexity index is 516. The van der Waals surface area contributed by atoms with E-state index in [9.17, 15) is 0 Å². The summed E-state index contributed by atoms with van der Waals surface area (Å²) in [6.07, 6.45) is 2.40. The molecule has 128 valence electrons. The molecule has 2 N–H and O–H groups in total. The number of nitrogens with zero attached hydrogens (tertiary/aromatic N) is 2. The highest BCUT2D eigenvalue weighted by Crippen LogP contribution is 2.26. The summed E-state index contributed by atoms with van der Waals surface area (Å²) < 4.78 is 5.35. The van der Waals surface area contributed by atoms with Gasteiger partial charge in [-0.25, -0.2) is 4.99 Å². The normalized spacial score (nSPS) is 14.6. The van der Waals surface area contributed by atoms with Gasteiger partial charge in [0.1, 0.15) is 0 Å². The van der Waals surface area contributed by atoms with Crippen LogP contribution in [0.4, 0.5) is 5.69 Å². The number of hydrogen-bond donors (Lipinski definition) is 2. The van der Waals surface area contributed by atoms with Crippen LogP contribution in [-0.4, -0.2) is 45.9 Å². The van der Waals surface area contributed by atoms with Gasteiger partial charge in [-0.1, -0.05) is 12.1 Å². The van der Waals surface area contributed by atoms with Crippen LogP contribution in [0.15, 0.2) is 23.2 Å². The number of aryl methyl sites for hydroxylation is 1. The maximum absolute atomic E-state index is 5.35. The quantitative estimate of drug-likeness (QED) is 0.459. The summed E-state index contributed by atoms with van der Waals surface area (Å²) in [5, 5.41) is 6.58. The van der Waals surface area contributed by atoms with Crippen molar-refractivity contribution in [1.82, 2.24) is 10.6 Å². The van der Waals surface area contributed by atoms with Crippen molar-refractivity contribution in [2.24, 2.45) is 4.99 Å². The van der Waals surface area contributed by atoms with Gasteiger partial charge in [0, 0.05) is 39.0 Å². The van der Waals surface area contributed by atoms with Gasteiger partial charge in [-0.15, -0.1) is 0 Å². The molecule has 0 saturated heterocycles. The van der Waals surface area contributed by atoms with E-state index in [1.165, 1.54) is 29.7 Å². The van der Waals surface area contributed by atoms with Crippen LogP contribution in [0.3, 0.4) is 0 Å². The smallest absolute Gasteiger partial charge is 0.191 e. The molecule has 1 aromatic rings. The minimum atomic E-state index is 0.695. The van der Waals surface area contributed by atoms with E-state index in [1.807, 2.05) is 6.92 Å². The molecule has 0 radical (unpaired) electrons. The predicted molar refractivity (Wildman–Crippen MR) is 97.3 cm³/mol. The first-order valence-corrected chi connectivity index (χ1v) is 8.67. The van der Waals surface area contributed by atoms with Gasteiger partial charge in [-0.05, 0) is 43.9 Å². The Morgan fingerprint density at radius 2 is 2.17 bits per heavy atom. The molecule has 0 fully saturated rings. The fourth-order valence-electron chi connectivity index (χ4n) is 2.83. The Morgan fingerprint density at radius 1 is 1.30 bits per heavy atom. The molecule has 1 aromatic carbocycles. The summed E-state index contributed by atoms with van der Waals surface area (Å²) in [5.74, 6) is 0.849. The summed E-state index contributed by atoms with van der Waals surface area (Å²) in [7, 11) is 2.17. The number of fused-ring (bicyclic) bond motifs is 1. The predicted octanol–water partition coefficient (Wildman–Crippen LogP) is 2.16. The first-order chi connectivity index (χ1) is 11.2. The van der Waals surface area contributed by atoms with Gasteiger partial charge in [0.15, 0.2) is 5.96 Å². The molecule has 23 heavy (non-hydrogen) atoms. The van der Waals surface area contributed by atoms with Crippen molar-refractivity contribution in [1.29, 1.82) is 0 Å². The molecular weight excluding hydrogens is 288 g/mol. The molecule has 1 heterocycles. The highest BCUT2D eigenvalue weighted by Gasteiger charge is 2.13. The minimum absolute atomic E-state index is 0.695. The van der Waals surface area contributed by atoms with Gasteiger partial charge in [0.2, 0.25) is 0 Å². The van der Waals surface area contributed by atoms with Gasteiger partial charge in [0.25, 0.3) is 0 Å². The average molecular weight is 318 g/mol. The Kier molecular flexibility index (Phi) is 7.20. The molecule has 0 atom stereocenters. The van der Waals surface area contributed by atoms with E-state index in [0.717, 1.165) is 32.2 Å². The lowest BCUT2D eigenvalue weighted by Crippen LogP contribution is -2.39. The number of anilines is 1. The summed E-state index contributed by atoms with van der Waals surface area (Å²) in [4.78, 5) is 7.01. The van der Waals surface area contributed by atoms with E-state index in [0.29, 0.717) is 13.2 Å². The first kappa shape index (κ1) is 17.6. The molecule has 1 aliphatic heterocycles. The lowest BCUT2D eigenvalue weighted by Gasteiger charge is -2.27. The van der Waals surface area contributed by atoms with Crippen LogP contribution in [0.25, 0.3) is 0 Å². The van der Waals surface area contributed by atoms with Crippen LogP contribution in [0, 0.1) is 0 Å². The molecule has 0 aromatic heterocycles. The number of aliphatic imine (C=N–C) groups is 1. The van der Waals surface area contributed by atoms with Crippen molar-refractivity contribution >= 4 is 11.6 Å². The van der Waals surface area contributed by atoms with Crippen molar-refractivity contribution in [2.75, 3.05) is 44.8 Å². The summed E-state index contributed by atoms with van der Waals surface area (Å²) in [6, 6.07) is 6.72. The van der Waals surface area contributed by atoms with E-state index in [-0.39, 0.29) is 0 Å². The van der Waals surface area contributed by atoms with Gasteiger partial charge >= 0.3 is 0 Å². The molecule has 1 aliphatic rings. The molecule has 5 nitrogen and oxygen atoms in total. The van der Waals surface area contributed by atoms with Gasteiger partial charge < -0.3 is 20.3 Å². The zero-order valence-electron chi connectivity index (χ0n) is 14.7. The number of nitrogens with one attached hydrogen (secondary N) is 2. The Balaban J connectivity index is 1.95. The van der Waals surface area contributed by atoms with Gasteiger partial charge in [-0.3, -0.25) is 0 Å². The second-order valence-corrected chi connectivity index (χ2v) is 5.81. The van der Waals surface area contributed by atoms with E-state index in [2.05, 4.69) is 52.7 Å². The Hall–Kier alpha value is -1.75. The lowest BCUT2D eigenvalue weighted by atomic mass is 10.00. The van der Waals surface area contributed by atoms with Gasteiger partial charge in [-0.2, -0.15) is 0 Å². The molecular formula is C18H30N4O. The zero-order chi connectivity index (χ0) is 16.5. The largest absolute Gasteiger partial charge is 0.380 e. The third kappa shape index (κ3) is 5.43. The van der Waals surface area contributed by atoms with E-state index in [1.54, 1.807) is 0 Å². The van der Waals surface area contributed by atoms with Crippen molar-refractivity contribution in [3.8, 4) is 0 Å². The minimum Gasteiger partial charge on any atom is -0.380 e. The third-order valence-electron chi connectivity index (χ3n) is 4.00. The first-order valence-electron chi connectivity index (χ1n) is 8.67. The van der Waals surface area contributed by atoms with Crippen LogP contribution in [0.1, 0.15) is 31.4 Å². The van der Waals surface area contributed by atoms with E-state index < -0.39 is 0 Å². The fraction of sp³-hybridized carbons (Fsp3) is 0.611. The van der Waals surface area contributed by atoms with Crippen molar-refractivity contribution < 1.29 is 4.74 Å². The summed E-state index contributed by atoms with van der Waals surface area (Å²) in [6.45, 7) is 9.01. The average Bonchev–Trinajstić information content (AvgIpc) is 2.56. The second kappa shape index (κ2) is 9.40. The monoisotopic (exact) mass is 318 g/mol. The summed E-state index contributed by atoms with van der Waals surface area (Å²) >= 11 is 0. The standard InChI is InChI=1S/C18H30N4O/c1-4-19-18(20-10-12-23-5-2)21-14-15-8-9-17-16(13-15)7-6-11-22(17)3/h8-9,13H,4-7,10-12,14H2,1-3H3,(H2,19,20,21). The maximum Gasteiger partial charge on any atom is 0.191 e. The van der Waals surface area contributed by atoms with Crippen LogP contribution in [0.5, 0.6) is 0 Å². The fourth-order valence-corrected chi connectivity index (χ4v) is 2.83. The second-order valence-electron chi connectivity index (χ2n) is 5.81. The molecule has 5 heteroatoms. The molecule has 0 spiro atoms. The summed E-state index contributed by atoms with van der Waals surface area (Å²) in [5.41, 5.74) is 4.08. The number of benzene rings is 1. The van der Waals surface area contributed by atoms with Crippen LogP contribution in [0.2, 0.25) is 0 Å². The molecule has 0 saturated carbocycles.